The van der Waals surface area contributed by atoms with Gasteiger partial charge in [-0.15, -0.1) is 0 Å². The highest BCUT2D eigenvalue weighted by atomic mass is 15.1. The lowest BCUT2D eigenvalue weighted by molar-refractivity contribution is 0.479. The van der Waals surface area contributed by atoms with Gasteiger partial charge in [-0.3, -0.25) is 0 Å². The highest BCUT2D eigenvalue weighted by molar-refractivity contribution is 5.43. The number of aryl methyl sites for hydroxylation is 1. The van der Waals surface area contributed by atoms with Gasteiger partial charge in [-0.05, 0) is 37.9 Å². The minimum absolute atomic E-state index is 0.539. The van der Waals surface area contributed by atoms with E-state index in [0.29, 0.717) is 6.04 Å². The summed E-state index contributed by atoms with van der Waals surface area (Å²) in [6, 6.07) is 4.60. The fraction of sp³-hybridized carbons (Fsp3) is 0.545. The molecule has 1 unspecified atom stereocenters. The molecule has 1 saturated heterocycles. The third-order valence-electron chi connectivity index (χ3n) is 2.65. The zero-order valence-electron chi connectivity index (χ0n) is 8.59. The van der Waals surface area contributed by atoms with Crippen molar-refractivity contribution in [3.63, 3.8) is 0 Å². The lowest BCUT2D eigenvalue weighted by atomic mass is 10.1. The van der Waals surface area contributed by atoms with E-state index >= 15 is 0 Å². The van der Waals surface area contributed by atoms with Crippen LogP contribution in [0.15, 0.2) is 18.3 Å². The third-order valence-corrected chi connectivity index (χ3v) is 2.65. The van der Waals surface area contributed by atoms with Crippen molar-refractivity contribution in [2.24, 2.45) is 0 Å². The molecule has 76 valence electrons. The molecule has 2 N–H and O–H groups in total. The summed E-state index contributed by atoms with van der Waals surface area (Å²) in [6.45, 7) is 4.29. The largest absolute Gasteiger partial charge is 0.366 e. The van der Waals surface area contributed by atoms with Crippen molar-refractivity contribution in [1.29, 1.82) is 0 Å². The van der Waals surface area contributed by atoms with E-state index in [9.17, 15) is 0 Å². The van der Waals surface area contributed by atoms with E-state index < -0.39 is 0 Å². The molecule has 1 aromatic rings. The molecule has 0 aromatic carbocycles. The third kappa shape index (κ3) is 2.23. The zero-order valence-corrected chi connectivity index (χ0v) is 8.59. The van der Waals surface area contributed by atoms with Crippen LogP contribution in [0.4, 0.5) is 5.82 Å². The van der Waals surface area contributed by atoms with Gasteiger partial charge in [0, 0.05) is 18.8 Å². The van der Waals surface area contributed by atoms with Crippen molar-refractivity contribution in [1.82, 2.24) is 10.3 Å². The Morgan fingerprint density at radius 1 is 1.57 bits per heavy atom. The fourth-order valence-corrected chi connectivity index (χ4v) is 1.81. The lowest BCUT2D eigenvalue weighted by Gasteiger charge is -2.24. The minimum Gasteiger partial charge on any atom is -0.366 e. The maximum Gasteiger partial charge on any atom is 0.129 e. The van der Waals surface area contributed by atoms with Crippen LogP contribution < -0.4 is 10.6 Å². The van der Waals surface area contributed by atoms with Gasteiger partial charge in [0.1, 0.15) is 5.82 Å². The summed E-state index contributed by atoms with van der Waals surface area (Å²) in [5, 5.41) is 6.86. The van der Waals surface area contributed by atoms with Crippen molar-refractivity contribution in [2.45, 2.75) is 25.8 Å². The quantitative estimate of drug-likeness (QED) is 0.744. The second kappa shape index (κ2) is 4.42. The predicted octanol–water partition coefficient (Wildman–Crippen LogP) is 1.55. The minimum atomic E-state index is 0.539. The molecule has 3 nitrogen and oxygen atoms in total. The second-order valence-corrected chi connectivity index (χ2v) is 3.86. The smallest absolute Gasteiger partial charge is 0.129 e. The standard InChI is InChI=1S/C11H17N3/c1-9-4-2-7-13-11(9)14-10-5-3-6-12-8-10/h2,4,7,10,12H,3,5-6,8H2,1H3,(H,13,14). The van der Waals surface area contributed by atoms with Crippen molar-refractivity contribution < 1.29 is 0 Å². The number of nitrogens with one attached hydrogen (secondary N) is 2. The van der Waals surface area contributed by atoms with Crippen LogP contribution in [0.3, 0.4) is 0 Å². The number of anilines is 1. The van der Waals surface area contributed by atoms with Gasteiger partial charge in [-0.1, -0.05) is 6.07 Å². The van der Waals surface area contributed by atoms with Gasteiger partial charge in [0.2, 0.25) is 0 Å². The molecule has 3 heteroatoms. The van der Waals surface area contributed by atoms with Crippen LogP contribution >= 0.6 is 0 Å². The van der Waals surface area contributed by atoms with Crippen molar-refractivity contribution in [3.8, 4) is 0 Å². The average molecular weight is 191 g/mol. The summed E-state index contributed by atoms with van der Waals surface area (Å²) >= 11 is 0. The van der Waals surface area contributed by atoms with Gasteiger partial charge in [0.25, 0.3) is 0 Å². The molecule has 1 aliphatic rings. The normalized spacial score (nSPS) is 21.9. The molecule has 0 bridgehead atoms. The van der Waals surface area contributed by atoms with Crippen LogP contribution in [0, 0.1) is 6.92 Å². The van der Waals surface area contributed by atoms with Gasteiger partial charge in [-0.25, -0.2) is 4.98 Å². The van der Waals surface area contributed by atoms with Crippen molar-refractivity contribution >= 4 is 5.82 Å². The molecule has 1 atom stereocenters. The highest BCUT2D eigenvalue weighted by Gasteiger charge is 2.13. The van der Waals surface area contributed by atoms with E-state index in [1.165, 1.54) is 18.4 Å². The van der Waals surface area contributed by atoms with Crippen LogP contribution in [0.1, 0.15) is 18.4 Å². The van der Waals surface area contributed by atoms with Gasteiger partial charge in [-0.2, -0.15) is 0 Å². The first kappa shape index (κ1) is 9.46. The molecule has 0 radical (unpaired) electrons. The molecule has 1 aromatic heterocycles. The molecule has 0 amide bonds. The van der Waals surface area contributed by atoms with E-state index in [1.54, 1.807) is 0 Å². The summed E-state index contributed by atoms with van der Waals surface area (Å²) in [6.07, 6.45) is 4.33. The van der Waals surface area contributed by atoms with E-state index in [-0.39, 0.29) is 0 Å². The van der Waals surface area contributed by atoms with Crippen molar-refractivity contribution in [2.75, 3.05) is 18.4 Å². The molecule has 1 aliphatic heterocycles. The Labute approximate surface area is 84.9 Å². The molecule has 14 heavy (non-hydrogen) atoms. The first-order valence-corrected chi connectivity index (χ1v) is 5.25. The maximum absolute atomic E-state index is 4.33. The lowest BCUT2D eigenvalue weighted by Crippen LogP contribution is -2.38. The van der Waals surface area contributed by atoms with Crippen LogP contribution in [-0.2, 0) is 0 Å². The summed E-state index contributed by atoms with van der Waals surface area (Å²) in [7, 11) is 0. The summed E-state index contributed by atoms with van der Waals surface area (Å²) < 4.78 is 0. The number of aromatic nitrogens is 1. The fourth-order valence-electron chi connectivity index (χ4n) is 1.81. The number of pyridine rings is 1. The van der Waals surface area contributed by atoms with E-state index in [2.05, 4.69) is 28.6 Å². The summed E-state index contributed by atoms with van der Waals surface area (Å²) in [4.78, 5) is 4.33. The zero-order chi connectivity index (χ0) is 9.80. The van der Waals surface area contributed by atoms with E-state index in [1.807, 2.05) is 12.3 Å². The number of rotatable bonds is 2. The average Bonchev–Trinajstić information content (AvgIpc) is 2.23. The van der Waals surface area contributed by atoms with E-state index in [0.717, 1.165) is 18.9 Å². The van der Waals surface area contributed by atoms with Crippen LogP contribution in [0.25, 0.3) is 0 Å². The topological polar surface area (TPSA) is 37.0 Å². The Hall–Kier alpha value is -1.09. The molecular formula is C11H17N3. The first-order chi connectivity index (χ1) is 6.86. The van der Waals surface area contributed by atoms with Crippen LogP contribution in [0.2, 0.25) is 0 Å². The Morgan fingerprint density at radius 3 is 3.21 bits per heavy atom. The monoisotopic (exact) mass is 191 g/mol. The Balaban J connectivity index is 1.99. The Morgan fingerprint density at radius 2 is 2.50 bits per heavy atom. The molecule has 0 aliphatic carbocycles. The maximum atomic E-state index is 4.33. The van der Waals surface area contributed by atoms with Gasteiger partial charge in [0.15, 0.2) is 0 Å². The Bertz CT molecular complexity index is 292. The van der Waals surface area contributed by atoms with Gasteiger partial charge >= 0.3 is 0 Å². The van der Waals surface area contributed by atoms with Gasteiger partial charge < -0.3 is 10.6 Å². The number of nitrogens with zero attached hydrogens (tertiary/aromatic N) is 1. The molecule has 2 rings (SSSR count). The molecular weight excluding hydrogens is 174 g/mol. The van der Waals surface area contributed by atoms with Crippen LogP contribution in [0.5, 0.6) is 0 Å². The SMILES string of the molecule is Cc1cccnc1NC1CCCNC1. The first-order valence-electron chi connectivity index (χ1n) is 5.25. The molecule has 2 heterocycles. The number of hydrogen-bond donors (Lipinski definition) is 2. The second-order valence-electron chi connectivity index (χ2n) is 3.86. The van der Waals surface area contributed by atoms with Gasteiger partial charge in [0.05, 0.1) is 0 Å². The number of piperidine rings is 1. The molecule has 1 fully saturated rings. The highest BCUT2D eigenvalue weighted by Crippen LogP contribution is 2.13. The van der Waals surface area contributed by atoms with Crippen molar-refractivity contribution in [3.05, 3.63) is 23.9 Å². The Kier molecular flexibility index (Phi) is 2.99. The van der Waals surface area contributed by atoms with Crippen LogP contribution in [-0.4, -0.2) is 24.1 Å². The predicted molar refractivity (Wildman–Crippen MR) is 58.5 cm³/mol. The van der Waals surface area contributed by atoms with E-state index in [4.69, 9.17) is 0 Å². The molecule has 0 saturated carbocycles. The molecule has 0 spiro atoms. The summed E-state index contributed by atoms with van der Waals surface area (Å²) in [5.41, 5.74) is 1.22. The number of hydrogen-bond acceptors (Lipinski definition) is 3. The summed E-state index contributed by atoms with van der Waals surface area (Å²) in [5.74, 6) is 1.03.